The Morgan fingerprint density at radius 3 is 2.78 bits per heavy atom. The summed E-state index contributed by atoms with van der Waals surface area (Å²) in [6.45, 7) is 4.05. The molecular weight excluding hydrogens is 328 g/mol. The summed E-state index contributed by atoms with van der Waals surface area (Å²) in [6, 6.07) is 8.11. The molecule has 2 aliphatic rings. The zero-order chi connectivity index (χ0) is 16.4. The van der Waals surface area contributed by atoms with Gasteiger partial charge in [0.2, 0.25) is 0 Å². The third kappa shape index (κ3) is 3.05. The average Bonchev–Trinajstić information content (AvgIpc) is 3.01. The van der Waals surface area contributed by atoms with Crippen LogP contribution >= 0.6 is 23.5 Å². The minimum Gasteiger partial charge on any atom is -0.463 e. The van der Waals surface area contributed by atoms with Crippen molar-refractivity contribution in [3.63, 3.8) is 0 Å². The topological polar surface area (TPSA) is 41.9 Å². The molecule has 0 spiro atoms. The van der Waals surface area contributed by atoms with Gasteiger partial charge in [-0.3, -0.25) is 0 Å². The van der Waals surface area contributed by atoms with Gasteiger partial charge in [-0.1, -0.05) is 23.9 Å². The van der Waals surface area contributed by atoms with Crippen molar-refractivity contribution in [3.05, 3.63) is 52.7 Å². The second-order valence-corrected chi connectivity index (χ2v) is 6.85. The highest BCUT2D eigenvalue weighted by Crippen LogP contribution is 2.41. The summed E-state index contributed by atoms with van der Waals surface area (Å²) >= 11 is 3.27. The zero-order valence-electron chi connectivity index (χ0n) is 13.3. The quantitative estimate of drug-likeness (QED) is 0.604. The van der Waals surface area contributed by atoms with Crippen molar-refractivity contribution >= 4 is 34.7 Å². The van der Waals surface area contributed by atoms with Crippen LogP contribution in [0.5, 0.6) is 0 Å². The van der Waals surface area contributed by atoms with Gasteiger partial charge in [0, 0.05) is 11.1 Å². The van der Waals surface area contributed by atoms with Gasteiger partial charge < -0.3 is 9.64 Å². The molecule has 1 aromatic carbocycles. The van der Waals surface area contributed by atoms with E-state index >= 15 is 0 Å². The molecule has 0 bridgehead atoms. The van der Waals surface area contributed by atoms with E-state index in [0.29, 0.717) is 12.2 Å². The molecule has 1 atom stereocenters. The molecule has 120 valence electrons. The number of rotatable bonds is 4. The number of allylic oxidation sites excluding steroid dienone is 1. The summed E-state index contributed by atoms with van der Waals surface area (Å²) in [7, 11) is 0. The van der Waals surface area contributed by atoms with Gasteiger partial charge in [-0.25, -0.2) is 9.79 Å². The monoisotopic (exact) mass is 346 g/mol. The van der Waals surface area contributed by atoms with Crippen LogP contribution in [0.3, 0.4) is 0 Å². The Labute approximate surface area is 144 Å². The van der Waals surface area contributed by atoms with E-state index < -0.39 is 0 Å². The summed E-state index contributed by atoms with van der Waals surface area (Å²) in [5.74, 6) is -0.294. The molecule has 0 amide bonds. The number of nitrogens with zero attached hydrogens (tertiary/aromatic N) is 2. The highest BCUT2D eigenvalue weighted by Gasteiger charge is 2.37. The van der Waals surface area contributed by atoms with Crippen molar-refractivity contribution < 1.29 is 9.53 Å². The first kappa shape index (κ1) is 16.2. The molecule has 6 heteroatoms. The lowest BCUT2D eigenvalue weighted by Gasteiger charge is -2.33. The molecule has 4 nitrogen and oxygen atoms in total. The van der Waals surface area contributed by atoms with Gasteiger partial charge in [-0.2, -0.15) is 0 Å². The molecule has 23 heavy (non-hydrogen) atoms. The first-order chi connectivity index (χ1) is 11.2. The van der Waals surface area contributed by atoms with Crippen molar-refractivity contribution in [2.75, 3.05) is 12.9 Å². The smallest absolute Gasteiger partial charge is 0.338 e. The van der Waals surface area contributed by atoms with E-state index in [9.17, 15) is 4.79 Å². The Balaban J connectivity index is 2.06. The zero-order valence-corrected chi connectivity index (χ0v) is 14.9. The van der Waals surface area contributed by atoms with Gasteiger partial charge in [0.1, 0.15) is 0 Å². The lowest BCUT2D eigenvalue weighted by molar-refractivity contribution is -0.139. The molecule has 2 aliphatic heterocycles. The van der Waals surface area contributed by atoms with Crippen LogP contribution in [0.1, 0.15) is 25.5 Å². The number of carbonyl (C=O) groups is 1. The molecule has 2 heterocycles. The van der Waals surface area contributed by atoms with Crippen LogP contribution < -0.4 is 0 Å². The summed E-state index contributed by atoms with van der Waals surface area (Å²) in [5.41, 5.74) is 2.40. The largest absolute Gasteiger partial charge is 0.463 e. The maximum atomic E-state index is 12.5. The van der Waals surface area contributed by atoms with Gasteiger partial charge in [-0.15, -0.1) is 11.8 Å². The first-order valence-corrected chi connectivity index (χ1v) is 9.48. The number of hydrogen-bond donors (Lipinski definition) is 0. The van der Waals surface area contributed by atoms with Crippen molar-refractivity contribution in [2.45, 2.75) is 24.8 Å². The maximum Gasteiger partial charge on any atom is 0.338 e. The van der Waals surface area contributed by atoms with Gasteiger partial charge in [0.25, 0.3) is 0 Å². The maximum absolute atomic E-state index is 12.5. The number of thioether (sulfide) groups is 2. The van der Waals surface area contributed by atoms with Crippen LogP contribution in [0.25, 0.3) is 0 Å². The van der Waals surface area contributed by atoms with Crippen LogP contribution in [-0.4, -0.2) is 28.9 Å². The van der Waals surface area contributed by atoms with E-state index in [1.165, 1.54) is 4.90 Å². The fraction of sp³-hybridized carbons (Fsp3) is 0.294. The molecule has 0 saturated carbocycles. The van der Waals surface area contributed by atoms with Crippen molar-refractivity contribution in [1.82, 2.24) is 4.90 Å². The molecule has 3 rings (SSSR count). The van der Waals surface area contributed by atoms with Gasteiger partial charge in [-0.05, 0) is 43.2 Å². The second-order valence-electron chi connectivity index (χ2n) is 5.10. The Morgan fingerprint density at radius 1 is 1.39 bits per heavy atom. The summed E-state index contributed by atoms with van der Waals surface area (Å²) in [4.78, 5) is 20.3. The molecule has 0 radical (unpaired) electrons. The molecule has 0 N–H and O–H groups in total. The van der Waals surface area contributed by atoms with Crippen LogP contribution in [0, 0.1) is 0 Å². The minimum atomic E-state index is -0.294. The fourth-order valence-corrected chi connectivity index (χ4v) is 3.88. The highest BCUT2D eigenvalue weighted by atomic mass is 32.2. The summed E-state index contributed by atoms with van der Waals surface area (Å²) in [5, 5.41) is 2.89. The minimum absolute atomic E-state index is 0.191. The Bertz CT molecular complexity index is 708. The summed E-state index contributed by atoms with van der Waals surface area (Å²) < 4.78 is 5.27. The molecular formula is C17H18N2O2S2. The molecule has 1 aromatic rings. The van der Waals surface area contributed by atoms with E-state index in [0.717, 1.165) is 16.4 Å². The van der Waals surface area contributed by atoms with Crippen LogP contribution in [0.4, 0.5) is 0 Å². The fourth-order valence-electron chi connectivity index (χ4n) is 2.68. The van der Waals surface area contributed by atoms with Crippen LogP contribution in [0.2, 0.25) is 0 Å². The van der Waals surface area contributed by atoms with Crippen molar-refractivity contribution in [2.24, 2.45) is 4.99 Å². The molecule has 0 aromatic heterocycles. The van der Waals surface area contributed by atoms with E-state index in [2.05, 4.69) is 29.3 Å². The predicted octanol–water partition coefficient (Wildman–Crippen LogP) is 4.18. The highest BCUT2D eigenvalue weighted by molar-refractivity contribution is 8.16. The number of benzene rings is 1. The average molecular weight is 346 g/mol. The SMILES string of the molecule is CCOC(=O)C1=C(C)N=C2SC=CN2[C@H]1c1ccc(SC)cc1. The number of esters is 1. The first-order valence-electron chi connectivity index (χ1n) is 7.38. The standard InChI is InChI=1S/C17H18N2O2S2/c1-4-21-16(20)14-11(2)18-17-19(9-10-23-17)15(14)12-5-7-13(22-3)8-6-12/h5-10,15H,4H2,1-3H3/t15-/m0/s1. The second kappa shape index (κ2) is 6.84. The van der Waals surface area contributed by atoms with Gasteiger partial charge in [0.15, 0.2) is 5.17 Å². The number of amidine groups is 1. The van der Waals surface area contributed by atoms with Gasteiger partial charge in [0.05, 0.1) is 23.9 Å². The Kier molecular flexibility index (Phi) is 4.82. The lowest BCUT2D eigenvalue weighted by atomic mass is 9.95. The molecule has 0 saturated heterocycles. The number of hydrogen-bond acceptors (Lipinski definition) is 6. The molecule has 0 aliphatic carbocycles. The van der Waals surface area contributed by atoms with E-state index in [1.54, 1.807) is 23.5 Å². The Hall–Kier alpha value is -1.66. The summed E-state index contributed by atoms with van der Waals surface area (Å²) in [6.07, 6.45) is 4.02. The normalized spacial score (nSPS) is 19.7. The van der Waals surface area contributed by atoms with Crippen LogP contribution in [-0.2, 0) is 9.53 Å². The third-order valence-corrected chi connectivity index (χ3v) is 5.26. The lowest BCUT2D eigenvalue weighted by Crippen LogP contribution is -2.34. The third-order valence-electron chi connectivity index (χ3n) is 3.75. The molecule has 0 unspecified atom stereocenters. The van der Waals surface area contributed by atoms with Crippen LogP contribution in [0.15, 0.2) is 57.0 Å². The number of aliphatic imine (C=N–C) groups is 1. The number of fused-ring (bicyclic) bond motifs is 1. The number of ether oxygens (including phenoxy) is 1. The Morgan fingerprint density at radius 2 is 2.13 bits per heavy atom. The van der Waals surface area contributed by atoms with Gasteiger partial charge >= 0.3 is 5.97 Å². The van der Waals surface area contributed by atoms with E-state index in [-0.39, 0.29) is 12.0 Å². The molecule has 0 fully saturated rings. The van der Waals surface area contributed by atoms with Crippen molar-refractivity contribution in [3.8, 4) is 0 Å². The predicted molar refractivity (Wildman–Crippen MR) is 96.3 cm³/mol. The number of carbonyl (C=O) groups excluding carboxylic acids is 1. The van der Waals surface area contributed by atoms with Crippen molar-refractivity contribution in [1.29, 1.82) is 0 Å². The van der Waals surface area contributed by atoms with E-state index in [1.807, 2.05) is 36.6 Å². The van der Waals surface area contributed by atoms with E-state index in [4.69, 9.17) is 4.74 Å².